The number of carbonyl (C=O) groups is 2. The molecular weight excluding hydrogens is 378 g/mol. The lowest BCUT2D eigenvalue weighted by Gasteiger charge is -2.09. The maximum atomic E-state index is 12.4. The Balaban J connectivity index is 1.56. The summed E-state index contributed by atoms with van der Waals surface area (Å²) in [6, 6.07) is 20.4. The van der Waals surface area contributed by atoms with Crippen molar-refractivity contribution < 1.29 is 19.1 Å². The molecule has 0 bridgehead atoms. The van der Waals surface area contributed by atoms with Crippen LogP contribution in [0.2, 0.25) is 5.02 Å². The Labute approximate surface area is 167 Å². The Kier molecular flexibility index (Phi) is 6.29. The SMILES string of the molecule is COc1cccc(NC(=O)COc2ccc(C(=O)c3ccc(Cl)cc3)cc2)c1. The van der Waals surface area contributed by atoms with Crippen molar-refractivity contribution in [2.45, 2.75) is 0 Å². The zero-order valence-corrected chi connectivity index (χ0v) is 15.9. The van der Waals surface area contributed by atoms with Crippen LogP contribution in [-0.4, -0.2) is 25.4 Å². The van der Waals surface area contributed by atoms with Crippen LogP contribution < -0.4 is 14.8 Å². The lowest BCUT2D eigenvalue weighted by molar-refractivity contribution is -0.118. The Bertz CT molecular complexity index is 969. The minimum atomic E-state index is -0.297. The highest BCUT2D eigenvalue weighted by Gasteiger charge is 2.10. The molecule has 0 atom stereocenters. The molecule has 0 saturated heterocycles. The number of halogens is 1. The first-order valence-corrected chi connectivity index (χ1v) is 8.90. The summed E-state index contributed by atoms with van der Waals surface area (Å²) in [5.74, 6) is 0.738. The summed E-state index contributed by atoms with van der Waals surface area (Å²) >= 11 is 5.84. The molecule has 0 aliphatic heterocycles. The van der Waals surface area contributed by atoms with E-state index in [2.05, 4.69) is 5.32 Å². The first kappa shape index (κ1) is 19.5. The van der Waals surface area contributed by atoms with E-state index in [-0.39, 0.29) is 18.3 Å². The highest BCUT2D eigenvalue weighted by Crippen LogP contribution is 2.18. The van der Waals surface area contributed by atoms with Crippen LogP contribution in [-0.2, 0) is 4.79 Å². The van der Waals surface area contributed by atoms with E-state index >= 15 is 0 Å². The molecule has 1 N–H and O–H groups in total. The minimum Gasteiger partial charge on any atom is -0.497 e. The van der Waals surface area contributed by atoms with Gasteiger partial charge in [-0.3, -0.25) is 9.59 Å². The topological polar surface area (TPSA) is 64.6 Å². The predicted molar refractivity (Wildman–Crippen MR) is 108 cm³/mol. The first-order valence-electron chi connectivity index (χ1n) is 8.52. The van der Waals surface area contributed by atoms with E-state index in [0.29, 0.717) is 33.3 Å². The van der Waals surface area contributed by atoms with Crippen molar-refractivity contribution in [1.29, 1.82) is 0 Å². The molecule has 3 aromatic carbocycles. The molecule has 3 aromatic rings. The second kappa shape index (κ2) is 9.06. The lowest BCUT2D eigenvalue weighted by Crippen LogP contribution is -2.20. The van der Waals surface area contributed by atoms with E-state index in [4.69, 9.17) is 21.1 Å². The summed E-state index contributed by atoms with van der Waals surface area (Å²) in [5.41, 5.74) is 1.70. The summed E-state index contributed by atoms with van der Waals surface area (Å²) in [7, 11) is 1.56. The molecule has 142 valence electrons. The largest absolute Gasteiger partial charge is 0.497 e. The van der Waals surface area contributed by atoms with Gasteiger partial charge in [0, 0.05) is 27.9 Å². The molecule has 0 radical (unpaired) electrons. The number of ketones is 1. The number of ether oxygens (including phenoxy) is 2. The average Bonchev–Trinajstić information content (AvgIpc) is 2.73. The van der Waals surface area contributed by atoms with E-state index in [1.165, 1.54) is 0 Å². The van der Waals surface area contributed by atoms with Crippen LogP contribution in [0.5, 0.6) is 11.5 Å². The summed E-state index contributed by atoms with van der Waals surface area (Å²) in [6.45, 7) is -0.151. The zero-order valence-electron chi connectivity index (χ0n) is 15.1. The fraction of sp³-hybridized carbons (Fsp3) is 0.0909. The van der Waals surface area contributed by atoms with Crippen molar-refractivity contribution in [3.05, 3.63) is 88.9 Å². The monoisotopic (exact) mass is 395 g/mol. The van der Waals surface area contributed by atoms with Crippen LogP contribution in [0.1, 0.15) is 15.9 Å². The fourth-order valence-electron chi connectivity index (χ4n) is 2.52. The van der Waals surface area contributed by atoms with Gasteiger partial charge in [0.25, 0.3) is 5.91 Å². The first-order chi connectivity index (χ1) is 13.5. The lowest BCUT2D eigenvalue weighted by atomic mass is 10.0. The molecule has 0 fully saturated rings. The molecule has 0 spiro atoms. The average molecular weight is 396 g/mol. The number of amides is 1. The van der Waals surface area contributed by atoms with Crippen molar-refractivity contribution in [3.8, 4) is 11.5 Å². The number of rotatable bonds is 7. The highest BCUT2D eigenvalue weighted by molar-refractivity contribution is 6.30. The van der Waals surface area contributed by atoms with Crippen molar-refractivity contribution in [2.75, 3.05) is 19.0 Å². The third-order valence-corrected chi connectivity index (χ3v) is 4.20. The molecule has 3 rings (SSSR count). The van der Waals surface area contributed by atoms with E-state index in [0.717, 1.165) is 0 Å². The van der Waals surface area contributed by atoms with Gasteiger partial charge in [-0.05, 0) is 60.7 Å². The van der Waals surface area contributed by atoms with Gasteiger partial charge in [-0.25, -0.2) is 0 Å². The second-order valence-electron chi connectivity index (χ2n) is 5.93. The Morgan fingerprint density at radius 3 is 2.18 bits per heavy atom. The smallest absolute Gasteiger partial charge is 0.262 e. The van der Waals surface area contributed by atoms with Gasteiger partial charge in [-0.1, -0.05) is 17.7 Å². The molecule has 1 amide bonds. The van der Waals surface area contributed by atoms with E-state index in [1.807, 2.05) is 0 Å². The maximum absolute atomic E-state index is 12.4. The van der Waals surface area contributed by atoms with Gasteiger partial charge >= 0.3 is 0 Å². The third kappa shape index (κ3) is 5.11. The molecule has 0 aliphatic carbocycles. The van der Waals surface area contributed by atoms with Gasteiger partial charge in [0.2, 0.25) is 0 Å². The van der Waals surface area contributed by atoms with Gasteiger partial charge in [0.05, 0.1) is 7.11 Å². The molecule has 0 aromatic heterocycles. The highest BCUT2D eigenvalue weighted by atomic mass is 35.5. The quantitative estimate of drug-likeness (QED) is 0.594. The van der Waals surface area contributed by atoms with Crippen molar-refractivity contribution >= 4 is 29.0 Å². The Morgan fingerprint density at radius 1 is 0.893 bits per heavy atom. The molecule has 28 heavy (non-hydrogen) atoms. The van der Waals surface area contributed by atoms with E-state index in [9.17, 15) is 9.59 Å². The number of nitrogens with one attached hydrogen (secondary N) is 1. The molecule has 0 saturated carbocycles. The molecule has 0 aliphatic rings. The maximum Gasteiger partial charge on any atom is 0.262 e. The standard InChI is InChI=1S/C22H18ClNO4/c1-27-20-4-2-3-18(13-20)24-21(25)14-28-19-11-7-16(8-12-19)22(26)15-5-9-17(23)10-6-15/h2-13H,14H2,1H3,(H,24,25). The number of hydrogen-bond acceptors (Lipinski definition) is 4. The van der Waals surface area contributed by atoms with Gasteiger partial charge in [-0.15, -0.1) is 0 Å². The zero-order chi connectivity index (χ0) is 19.9. The van der Waals surface area contributed by atoms with Crippen molar-refractivity contribution in [1.82, 2.24) is 0 Å². The normalized spacial score (nSPS) is 10.2. The van der Waals surface area contributed by atoms with Crippen LogP contribution in [0.3, 0.4) is 0 Å². The Hall–Kier alpha value is -3.31. The van der Waals surface area contributed by atoms with Crippen LogP contribution in [0.4, 0.5) is 5.69 Å². The number of anilines is 1. The predicted octanol–water partition coefficient (Wildman–Crippen LogP) is 4.60. The van der Waals surface area contributed by atoms with Crippen LogP contribution >= 0.6 is 11.6 Å². The number of methoxy groups -OCH3 is 1. The van der Waals surface area contributed by atoms with Crippen LogP contribution in [0, 0.1) is 0 Å². The molecule has 0 unspecified atom stereocenters. The molecule has 6 heteroatoms. The number of carbonyl (C=O) groups excluding carboxylic acids is 2. The summed E-state index contributed by atoms with van der Waals surface area (Å²) < 4.78 is 10.6. The van der Waals surface area contributed by atoms with Gasteiger partial charge in [0.15, 0.2) is 12.4 Å². The Morgan fingerprint density at radius 2 is 1.54 bits per heavy atom. The van der Waals surface area contributed by atoms with Gasteiger partial charge < -0.3 is 14.8 Å². The fourth-order valence-corrected chi connectivity index (χ4v) is 2.64. The summed E-state index contributed by atoms with van der Waals surface area (Å²) in [4.78, 5) is 24.5. The summed E-state index contributed by atoms with van der Waals surface area (Å²) in [5, 5.41) is 3.31. The van der Waals surface area contributed by atoms with E-state index in [1.54, 1.807) is 79.9 Å². The van der Waals surface area contributed by atoms with Crippen molar-refractivity contribution in [2.24, 2.45) is 0 Å². The van der Waals surface area contributed by atoms with Crippen molar-refractivity contribution in [3.63, 3.8) is 0 Å². The van der Waals surface area contributed by atoms with Crippen LogP contribution in [0.25, 0.3) is 0 Å². The van der Waals surface area contributed by atoms with E-state index < -0.39 is 0 Å². The number of hydrogen-bond donors (Lipinski definition) is 1. The van der Waals surface area contributed by atoms with Gasteiger partial charge in [0.1, 0.15) is 11.5 Å². The second-order valence-corrected chi connectivity index (χ2v) is 6.37. The molecule has 5 nitrogen and oxygen atoms in total. The van der Waals surface area contributed by atoms with Gasteiger partial charge in [-0.2, -0.15) is 0 Å². The minimum absolute atomic E-state index is 0.112. The number of benzene rings is 3. The summed E-state index contributed by atoms with van der Waals surface area (Å²) in [6.07, 6.45) is 0. The van der Waals surface area contributed by atoms with Crippen LogP contribution in [0.15, 0.2) is 72.8 Å². The third-order valence-electron chi connectivity index (χ3n) is 3.95. The molecular formula is C22H18ClNO4. The molecule has 0 heterocycles.